The third-order valence-electron chi connectivity index (χ3n) is 5.51. The van der Waals surface area contributed by atoms with Gasteiger partial charge in [0.2, 0.25) is 0 Å². The lowest BCUT2D eigenvalue weighted by Crippen LogP contribution is -2.31. The first-order chi connectivity index (χ1) is 12.6. The molecule has 2 aromatic rings. The lowest BCUT2D eigenvalue weighted by molar-refractivity contribution is 0.237. The lowest BCUT2D eigenvalue weighted by Gasteiger charge is -2.29. The number of rotatable bonds is 3. The van der Waals surface area contributed by atoms with Crippen LogP contribution < -0.4 is 0 Å². The van der Waals surface area contributed by atoms with E-state index < -0.39 is 17.5 Å². The highest BCUT2D eigenvalue weighted by atomic mass is 19.2. The number of fused-ring (bicyclic) bond motifs is 1. The lowest BCUT2D eigenvalue weighted by atomic mass is 9.88. The molecule has 0 N–H and O–H groups in total. The first kappa shape index (κ1) is 17.5. The molecule has 1 aromatic heterocycles. The molecule has 1 aliphatic carbocycles. The van der Waals surface area contributed by atoms with E-state index in [-0.39, 0.29) is 12.1 Å². The van der Waals surface area contributed by atoms with Crippen molar-refractivity contribution in [3.63, 3.8) is 0 Å². The van der Waals surface area contributed by atoms with Gasteiger partial charge in [-0.05, 0) is 18.9 Å². The molecule has 1 aromatic carbocycles. The predicted molar refractivity (Wildman–Crippen MR) is 92.0 cm³/mol. The van der Waals surface area contributed by atoms with Gasteiger partial charge in [0.05, 0.1) is 0 Å². The summed E-state index contributed by atoms with van der Waals surface area (Å²) in [6, 6.07) is 2.29. The van der Waals surface area contributed by atoms with Gasteiger partial charge in [0.15, 0.2) is 17.5 Å². The van der Waals surface area contributed by atoms with Crippen LogP contribution in [0.25, 0.3) is 0 Å². The molecule has 4 rings (SSSR count). The zero-order chi connectivity index (χ0) is 18.1. The first-order valence-electron chi connectivity index (χ1n) is 9.31. The number of hydrogen-bond acceptors (Lipinski definition) is 3. The van der Waals surface area contributed by atoms with Crippen LogP contribution in [0.4, 0.5) is 13.2 Å². The van der Waals surface area contributed by atoms with Crippen LogP contribution in [0.15, 0.2) is 18.3 Å². The summed E-state index contributed by atoms with van der Waals surface area (Å²) in [7, 11) is 0. The molecule has 0 bridgehead atoms. The second-order valence-electron chi connectivity index (χ2n) is 7.33. The van der Waals surface area contributed by atoms with Crippen LogP contribution in [0.1, 0.15) is 60.7 Å². The molecule has 3 nitrogen and oxygen atoms in total. The van der Waals surface area contributed by atoms with E-state index in [4.69, 9.17) is 4.98 Å². The van der Waals surface area contributed by atoms with Crippen LogP contribution in [-0.4, -0.2) is 21.4 Å². The van der Waals surface area contributed by atoms with Gasteiger partial charge in [-0.15, -0.1) is 0 Å². The van der Waals surface area contributed by atoms with Crippen molar-refractivity contribution < 1.29 is 13.2 Å². The van der Waals surface area contributed by atoms with Gasteiger partial charge in [-0.3, -0.25) is 4.90 Å². The van der Waals surface area contributed by atoms with Crippen LogP contribution in [-0.2, 0) is 19.5 Å². The highest BCUT2D eigenvalue weighted by molar-refractivity contribution is 5.24. The second-order valence-corrected chi connectivity index (χ2v) is 7.33. The van der Waals surface area contributed by atoms with E-state index in [0.29, 0.717) is 19.0 Å². The van der Waals surface area contributed by atoms with E-state index in [2.05, 4.69) is 4.98 Å². The maximum absolute atomic E-state index is 13.9. The summed E-state index contributed by atoms with van der Waals surface area (Å²) in [6.45, 7) is 1.55. The second kappa shape index (κ2) is 7.35. The quantitative estimate of drug-likeness (QED) is 0.754. The summed E-state index contributed by atoms with van der Waals surface area (Å²) < 4.78 is 40.4. The zero-order valence-corrected chi connectivity index (χ0v) is 14.6. The molecule has 1 aliphatic heterocycles. The maximum atomic E-state index is 13.9. The summed E-state index contributed by atoms with van der Waals surface area (Å²) in [6.07, 6.45) is 8.79. The van der Waals surface area contributed by atoms with Crippen molar-refractivity contribution in [1.29, 1.82) is 0 Å². The van der Waals surface area contributed by atoms with Crippen molar-refractivity contribution in [1.82, 2.24) is 14.9 Å². The van der Waals surface area contributed by atoms with Gasteiger partial charge in [-0.2, -0.15) is 0 Å². The molecule has 0 unspecified atom stereocenters. The Morgan fingerprint density at radius 1 is 1.04 bits per heavy atom. The van der Waals surface area contributed by atoms with Gasteiger partial charge in [0.25, 0.3) is 0 Å². The molecule has 0 amide bonds. The molecule has 0 spiro atoms. The first-order valence-corrected chi connectivity index (χ1v) is 9.31. The Labute approximate surface area is 151 Å². The minimum absolute atomic E-state index is 0.173. The fourth-order valence-corrected chi connectivity index (χ4v) is 4.01. The summed E-state index contributed by atoms with van der Waals surface area (Å²) in [5.41, 5.74) is 2.29. The van der Waals surface area contributed by atoms with Gasteiger partial charge in [-0.25, -0.2) is 23.1 Å². The van der Waals surface area contributed by atoms with Crippen molar-refractivity contribution in [2.24, 2.45) is 0 Å². The Morgan fingerprint density at radius 3 is 2.65 bits per heavy atom. The van der Waals surface area contributed by atoms with Crippen molar-refractivity contribution in [2.45, 2.75) is 57.5 Å². The molecule has 2 aliphatic rings. The molecule has 2 heterocycles. The number of hydrogen-bond donors (Lipinski definition) is 0. The predicted octanol–water partition coefficient (Wildman–Crippen LogP) is 4.50. The SMILES string of the molecule is Fc1ccc(CN2CCc3nc(C4CCCCC4)ncc3C2)c(F)c1F. The average molecular weight is 361 g/mol. The largest absolute Gasteiger partial charge is 0.294 e. The molecule has 1 fully saturated rings. The van der Waals surface area contributed by atoms with Crippen molar-refractivity contribution in [2.75, 3.05) is 6.54 Å². The third kappa shape index (κ3) is 3.47. The highest BCUT2D eigenvalue weighted by Crippen LogP contribution is 2.31. The Kier molecular flexibility index (Phi) is 4.94. The van der Waals surface area contributed by atoms with Gasteiger partial charge in [0, 0.05) is 55.0 Å². The van der Waals surface area contributed by atoms with E-state index in [1.165, 1.54) is 38.2 Å². The number of nitrogens with zero attached hydrogens (tertiary/aromatic N) is 3. The van der Waals surface area contributed by atoms with Crippen molar-refractivity contribution in [3.8, 4) is 0 Å². The Balaban J connectivity index is 1.47. The van der Waals surface area contributed by atoms with Gasteiger partial charge in [-0.1, -0.05) is 25.3 Å². The summed E-state index contributed by atoms with van der Waals surface area (Å²) in [5.74, 6) is -2.22. The van der Waals surface area contributed by atoms with Crippen molar-refractivity contribution in [3.05, 3.63) is 58.4 Å². The molecule has 138 valence electrons. The third-order valence-corrected chi connectivity index (χ3v) is 5.51. The molecule has 0 radical (unpaired) electrons. The minimum atomic E-state index is -1.40. The maximum Gasteiger partial charge on any atom is 0.194 e. The molecular weight excluding hydrogens is 339 g/mol. The molecule has 1 saturated carbocycles. The number of aromatic nitrogens is 2. The van der Waals surface area contributed by atoms with E-state index in [0.717, 1.165) is 29.6 Å². The van der Waals surface area contributed by atoms with Gasteiger partial charge < -0.3 is 0 Å². The molecule has 0 atom stereocenters. The minimum Gasteiger partial charge on any atom is -0.294 e. The monoisotopic (exact) mass is 361 g/mol. The average Bonchev–Trinajstić information content (AvgIpc) is 2.69. The van der Waals surface area contributed by atoms with Crippen LogP contribution >= 0.6 is 0 Å². The van der Waals surface area contributed by atoms with Crippen molar-refractivity contribution >= 4 is 0 Å². The van der Waals surface area contributed by atoms with E-state index in [9.17, 15) is 13.2 Å². The molecule has 0 saturated heterocycles. The number of benzene rings is 1. The Hall–Kier alpha value is -1.95. The smallest absolute Gasteiger partial charge is 0.194 e. The van der Waals surface area contributed by atoms with E-state index >= 15 is 0 Å². The van der Waals surface area contributed by atoms with E-state index in [1.54, 1.807) is 0 Å². The van der Waals surface area contributed by atoms with Crippen LogP contribution in [0.2, 0.25) is 0 Å². The number of halogens is 3. The fraction of sp³-hybridized carbons (Fsp3) is 0.500. The molecule has 26 heavy (non-hydrogen) atoms. The van der Waals surface area contributed by atoms with E-state index in [1.807, 2.05) is 11.1 Å². The highest BCUT2D eigenvalue weighted by Gasteiger charge is 2.24. The summed E-state index contributed by atoms with van der Waals surface area (Å²) in [4.78, 5) is 11.4. The molecular formula is C20H22F3N3. The van der Waals surface area contributed by atoms with Crippen LogP contribution in [0.5, 0.6) is 0 Å². The standard InChI is InChI=1S/C20H22F3N3/c21-16-7-6-14(18(22)19(16)23)11-26-9-8-17-15(12-26)10-24-20(25-17)13-4-2-1-3-5-13/h6-7,10,13H,1-5,8-9,11-12H2. The summed E-state index contributed by atoms with van der Waals surface area (Å²) >= 11 is 0. The zero-order valence-electron chi connectivity index (χ0n) is 14.6. The van der Waals surface area contributed by atoms with Crippen LogP contribution in [0.3, 0.4) is 0 Å². The topological polar surface area (TPSA) is 29.0 Å². The summed E-state index contributed by atoms with van der Waals surface area (Å²) in [5, 5.41) is 0. The van der Waals surface area contributed by atoms with Crippen LogP contribution in [0, 0.1) is 17.5 Å². The Morgan fingerprint density at radius 2 is 1.85 bits per heavy atom. The Bertz CT molecular complexity index is 803. The molecule has 6 heteroatoms. The van der Waals surface area contributed by atoms with Gasteiger partial charge >= 0.3 is 0 Å². The normalized spacial score (nSPS) is 18.7. The fourth-order valence-electron chi connectivity index (χ4n) is 4.01. The van der Waals surface area contributed by atoms with Gasteiger partial charge in [0.1, 0.15) is 5.82 Å².